The Morgan fingerprint density at radius 1 is 1.30 bits per heavy atom. The van der Waals surface area contributed by atoms with Gasteiger partial charge in [0.1, 0.15) is 12.4 Å². The van der Waals surface area contributed by atoms with Gasteiger partial charge in [0.15, 0.2) is 11.3 Å². The summed E-state index contributed by atoms with van der Waals surface area (Å²) in [7, 11) is -3.92. The molecule has 30 heavy (non-hydrogen) atoms. The second-order valence-corrected chi connectivity index (χ2v) is 9.25. The van der Waals surface area contributed by atoms with Crippen molar-refractivity contribution in [2.75, 3.05) is 17.9 Å². The lowest BCUT2D eigenvalue weighted by atomic mass is 9.79. The largest absolute Gasteiger partial charge is 0.491 e. The fraction of sp³-hybridized carbons (Fsp3) is 0.526. The third-order valence-electron chi connectivity index (χ3n) is 5.84. The number of amides is 2. The van der Waals surface area contributed by atoms with Gasteiger partial charge in [0, 0.05) is 12.6 Å². The number of hydrogen-bond acceptors (Lipinski definition) is 6. The molecule has 1 atom stereocenters. The minimum absolute atomic E-state index is 0.0748. The van der Waals surface area contributed by atoms with Crippen molar-refractivity contribution in [2.45, 2.75) is 44.6 Å². The van der Waals surface area contributed by atoms with Gasteiger partial charge in [-0.15, -0.1) is 4.40 Å². The lowest BCUT2D eigenvalue weighted by Gasteiger charge is -2.35. The molecule has 2 heterocycles. The van der Waals surface area contributed by atoms with Crippen molar-refractivity contribution in [1.82, 2.24) is 10.6 Å². The summed E-state index contributed by atoms with van der Waals surface area (Å²) in [6.07, 6.45) is 4.95. The van der Waals surface area contributed by atoms with E-state index in [1.807, 2.05) is 0 Å². The summed E-state index contributed by atoms with van der Waals surface area (Å²) in [4.78, 5) is 26.0. The molecular formula is C19H25N5O5S. The van der Waals surface area contributed by atoms with Crippen LogP contribution < -0.4 is 25.8 Å². The molecule has 1 saturated heterocycles. The van der Waals surface area contributed by atoms with Crippen molar-refractivity contribution < 1.29 is 22.7 Å². The standard InChI is InChI=1S/C19H25N5O5S/c20-16-15-13(23-30(27,28)24-16)7-3-8-14(15)29-11-19(9-4-10-21-17(19)25)18(26)22-12-5-1-2-6-12/h3,7-8,12,23H,1-2,4-6,9-11H2,(H2,20,24)(H,21,25)(H,22,26)/t19-/m0/s1. The Morgan fingerprint density at radius 2 is 2.07 bits per heavy atom. The molecule has 11 heteroatoms. The highest BCUT2D eigenvalue weighted by molar-refractivity contribution is 7.91. The van der Waals surface area contributed by atoms with Crippen LogP contribution in [-0.4, -0.2) is 45.3 Å². The Morgan fingerprint density at radius 3 is 2.80 bits per heavy atom. The Labute approximate surface area is 174 Å². The lowest BCUT2D eigenvalue weighted by Crippen LogP contribution is -2.58. The normalized spacial score (nSPS) is 25.5. The van der Waals surface area contributed by atoms with Crippen molar-refractivity contribution >= 4 is 33.5 Å². The van der Waals surface area contributed by atoms with Gasteiger partial charge in [0.25, 0.3) is 0 Å². The van der Waals surface area contributed by atoms with Crippen LogP contribution in [0.15, 0.2) is 22.6 Å². The molecule has 162 valence electrons. The number of rotatable bonds is 5. The van der Waals surface area contributed by atoms with Crippen LogP contribution in [-0.2, 0) is 19.8 Å². The van der Waals surface area contributed by atoms with Crippen LogP contribution in [0.5, 0.6) is 5.75 Å². The average Bonchev–Trinajstić information content (AvgIpc) is 3.19. The van der Waals surface area contributed by atoms with E-state index in [0.717, 1.165) is 25.7 Å². The van der Waals surface area contributed by atoms with Gasteiger partial charge in [-0.05, 0) is 37.8 Å². The van der Waals surface area contributed by atoms with Crippen LogP contribution in [0.25, 0.3) is 0 Å². The quantitative estimate of drug-likeness (QED) is 0.491. The summed E-state index contributed by atoms with van der Waals surface area (Å²) in [5.41, 5.74) is 5.02. The number of nitrogens with two attached hydrogens (primary N) is 1. The summed E-state index contributed by atoms with van der Waals surface area (Å²) >= 11 is 0. The lowest BCUT2D eigenvalue weighted by molar-refractivity contribution is -0.148. The first-order chi connectivity index (χ1) is 14.3. The third-order valence-corrected chi connectivity index (χ3v) is 6.75. The fourth-order valence-corrected chi connectivity index (χ4v) is 5.07. The van der Waals surface area contributed by atoms with Gasteiger partial charge in [0.2, 0.25) is 11.8 Å². The zero-order valence-corrected chi connectivity index (χ0v) is 17.3. The molecule has 1 aromatic rings. The van der Waals surface area contributed by atoms with Crippen molar-refractivity contribution in [3.05, 3.63) is 23.8 Å². The van der Waals surface area contributed by atoms with Gasteiger partial charge < -0.3 is 21.1 Å². The topological polar surface area (TPSA) is 152 Å². The maximum atomic E-state index is 13.2. The van der Waals surface area contributed by atoms with Gasteiger partial charge in [-0.1, -0.05) is 18.9 Å². The second-order valence-electron chi connectivity index (χ2n) is 7.92. The molecular weight excluding hydrogens is 410 g/mol. The van der Waals surface area contributed by atoms with E-state index in [9.17, 15) is 18.0 Å². The van der Waals surface area contributed by atoms with E-state index in [2.05, 4.69) is 19.8 Å². The number of piperidine rings is 1. The van der Waals surface area contributed by atoms with Crippen LogP contribution in [0.3, 0.4) is 0 Å². The minimum Gasteiger partial charge on any atom is -0.491 e. The number of carbonyl (C=O) groups excluding carboxylic acids is 2. The predicted octanol–water partition coefficient (Wildman–Crippen LogP) is 0.396. The Bertz CT molecular complexity index is 1000. The van der Waals surface area contributed by atoms with Gasteiger partial charge >= 0.3 is 10.2 Å². The molecule has 0 unspecified atom stereocenters. The molecule has 5 N–H and O–H groups in total. The maximum absolute atomic E-state index is 13.2. The molecule has 1 aromatic carbocycles. The number of fused-ring (bicyclic) bond motifs is 1. The number of nitrogens with one attached hydrogen (secondary N) is 3. The smallest absolute Gasteiger partial charge is 0.344 e. The Kier molecular flexibility index (Phi) is 5.31. The fourth-order valence-electron chi connectivity index (χ4n) is 4.23. The summed E-state index contributed by atoms with van der Waals surface area (Å²) in [6.45, 7) is 0.327. The van der Waals surface area contributed by atoms with Crippen molar-refractivity contribution in [3.8, 4) is 5.75 Å². The number of ether oxygens (including phenoxy) is 1. The SMILES string of the molecule is NC1=NS(=O)(=O)Nc2cccc(OC[C@@]3(C(=O)NC4CCCC4)CCCNC3=O)c21. The number of amidine groups is 1. The predicted molar refractivity (Wildman–Crippen MR) is 110 cm³/mol. The summed E-state index contributed by atoms with van der Waals surface area (Å²) in [5, 5.41) is 5.80. The monoisotopic (exact) mass is 435 g/mol. The van der Waals surface area contributed by atoms with E-state index in [-0.39, 0.29) is 47.3 Å². The highest BCUT2D eigenvalue weighted by Crippen LogP contribution is 2.34. The highest BCUT2D eigenvalue weighted by Gasteiger charge is 2.49. The molecule has 0 bridgehead atoms. The minimum atomic E-state index is -3.92. The van der Waals surface area contributed by atoms with E-state index in [0.29, 0.717) is 19.4 Å². The molecule has 3 aliphatic rings. The van der Waals surface area contributed by atoms with Crippen molar-refractivity contribution in [3.63, 3.8) is 0 Å². The van der Waals surface area contributed by atoms with Crippen LogP contribution in [0, 0.1) is 5.41 Å². The first-order valence-electron chi connectivity index (χ1n) is 10.0. The molecule has 2 fully saturated rings. The van der Waals surface area contributed by atoms with E-state index >= 15 is 0 Å². The van der Waals surface area contributed by atoms with Gasteiger partial charge in [0.05, 0.1) is 11.3 Å². The Balaban J connectivity index is 1.60. The Hall–Kier alpha value is -2.82. The molecule has 0 spiro atoms. The van der Waals surface area contributed by atoms with Crippen LogP contribution >= 0.6 is 0 Å². The molecule has 0 radical (unpaired) electrons. The van der Waals surface area contributed by atoms with Gasteiger partial charge in [-0.2, -0.15) is 8.42 Å². The molecule has 1 aliphatic carbocycles. The number of anilines is 1. The number of benzene rings is 1. The van der Waals surface area contributed by atoms with E-state index in [1.165, 1.54) is 6.07 Å². The molecule has 4 rings (SSSR count). The molecule has 2 amide bonds. The van der Waals surface area contributed by atoms with Gasteiger partial charge in [-0.25, -0.2) is 0 Å². The zero-order chi connectivity index (χ0) is 21.4. The molecule has 1 saturated carbocycles. The van der Waals surface area contributed by atoms with E-state index in [4.69, 9.17) is 10.5 Å². The van der Waals surface area contributed by atoms with Crippen molar-refractivity contribution in [1.29, 1.82) is 0 Å². The average molecular weight is 436 g/mol. The highest BCUT2D eigenvalue weighted by atomic mass is 32.2. The van der Waals surface area contributed by atoms with Crippen LogP contribution in [0.4, 0.5) is 5.69 Å². The molecule has 2 aliphatic heterocycles. The van der Waals surface area contributed by atoms with Gasteiger partial charge in [-0.3, -0.25) is 14.3 Å². The first kappa shape index (κ1) is 20.5. The summed E-state index contributed by atoms with van der Waals surface area (Å²) in [6, 6.07) is 4.81. The summed E-state index contributed by atoms with van der Waals surface area (Å²) in [5.74, 6) is -0.658. The number of carbonyl (C=O) groups is 2. The molecule has 10 nitrogen and oxygen atoms in total. The molecule has 0 aromatic heterocycles. The number of hydrogen-bond donors (Lipinski definition) is 4. The van der Waals surface area contributed by atoms with Crippen LogP contribution in [0.1, 0.15) is 44.1 Å². The zero-order valence-electron chi connectivity index (χ0n) is 16.4. The van der Waals surface area contributed by atoms with E-state index in [1.54, 1.807) is 12.1 Å². The number of nitrogens with zero attached hydrogens (tertiary/aromatic N) is 1. The second kappa shape index (κ2) is 7.78. The van der Waals surface area contributed by atoms with Crippen molar-refractivity contribution in [2.24, 2.45) is 15.5 Å². The third kappa shape index (κ3) is 3.81. The van der Waals surface area contributed by atoms with Crippen LogP contribution in [0.2, 0.25) is 0 Å². The first-order valence-corrected chi connectivity index (χ1v) is 11.5. The van der Waals surface area contributed by atoms with E-state index < -0.39 is 15.6 Å². The summed E-state index contributed by atoms with van der Waals surface area (Å²) < 4.78 is 35.2. The maximum Gasteiger partial charge on any atom is 0.344 e.